The second-order valence-electron chi connectivity index (χ2n) is 4.89. The molecule has 0 radical (unpaired) electrons. The average Bonchev–Trinajstić information content (AvgIpc) is 2.57. The Kier molecular flexibility index (Phi) is 7.18. The third kappa shape index (κ3) is 4.77. The number of amides is 2. The molecule has 7 nitrogen and oxygen atoms in total. The number of hydrogen-bond acceptors (Lipinski definition) is 5. The molecule has 2 N–H and O–H groups in total. The van der Waals surface area contributed by atoms with Crippen molar-refractivity contribution in [3.63, 3.8) is 0 Å². The maximum absolute atomic E-state index is 12.4. The van der Waals surface area contributed by atoms with E-state index in [1.54, 1.807) is 13.0 Å². The van der Waals surface area contributed by atoms with Crippen LogP contribution < -0.4 is 24.8 Å². The van der Waals surface area contributed by atoms with Crippen molar-refractivity contribution in [2.75, 3.05) is 27.9 Å². The third-order valence-corrected chi connectivity index (χ3v) is 3.24. The van der Waals surface area contributed by atoms with Crippen molar-refractivity contribution in [1.29, 1.82) is 0 Å². The average molecular weight is 324 g/mol. The number of ether oxygens (including phenoxy) is 3. The van der Waals surface area contributed by atoms with Crippen molar-refractivity contribution in [1.82, 2.24) is 10.6 Å². The summed E-state index contributed by atoms with van der Waals surface area (Å²) in [4.78, 5) is 24.3. The lowest BCUT2D eigenvalue weighted by molar-refractivity contribution is -0.122. The van der Waals surface area contributed by atoms with E-state index in [-0.39, 0.29) is 11.5 Å². The highest BCUT2D eigenvalue weighted by Crippen LogP contribution is 2.34. The summed E-state index contributed by atoms with van der Waals surface area (Å²) in [5, 5.41) is 5.37. The number of carbonyl (C=O) groups excluding carboxylic acids is 2. The molecule has 0 aliphatic rings. The SMILES string of the molecule is CCCNC(=O)[C@@H](C)NC(=O)c1cc(OC)c(OC)cc1OC. The number of benzene rings is 1. The van der Waals surface area contributed by atoms with Crippen molar-refractivity contribution in [2.24, 2.45) is 0 Å². The molecule has 0 aromatic heterocycles. The highest BCUT2D eigenvalue weighted by atomic mass is 16.5. The van der Waals surface area contributed by atoms with Crippen LogP contribution in [0.1, 0.15) is 30.6 Å². The van der Waals surface area contributed by atoms with E-state index < -0.39 is 11.9 Å². The first kappa shape index (κ1) is 18.6. The Morgan fingerprint density at radius 2 is 1.61 bits per heavy atom. The number of nitrogens with one attached hydrogen (secondary N) is 2. The molecule has 1 aromatic rings. The first-order valence-electron chi connectivity index (χ1n) is 7.37. The Morgan fingerprint density at radius 1 is 1.04 bits per heavy atom. The fourth-order valence-electron chi connectivity index (χ4n) is 1.95. The van der Waals surface area contributed by atoms with Crippen LogP contribution >= 0.6 is 0 Å². The molecule has 0 saturated heterocycles. The molecule has 0 saturated carbocycles. The summed E-state index contributed by atoms with van der Waals surface area (Å²) in [5.41, 5.74) is 0.264. The zero-order valence-electron chi connectivity index (χ0n) is 14.2. The van der Waals surface area contributed by atoms with Gasteiger partial charge in [-0.1, -0.05) is 6.92 Å². The topological polar surface area (TPSA) is 85.9 Å². The second-order valence-corrected chi connectivity index (χ2v) is 4.89. The number of methoxy groups -OCH3 is 3. The van der Waals surface area contributed by atoms with Crippen LogP contribution in [0.3, 0.4) is 0 Å². The molecule has 0 aliphatic heterocycles. The molecule has 0 unspecified atom stereocenters. The van der Waals surface area contributed by atoms with Gasteiger partial charge < -0.3 is 24.8 Å². The monoisotopic (exact) mass is 324 g/mol. The van der Waals surface area contributed by atoms with E-state index in [2.05, 4.69) is 10.6 Å². The smallest absolute Gasteiger partial charge is 0.255 e. The van der Waals surface area contributed by atoms with Crippen molar-refractivity contribution in [3.05, 3.63) is 17.7 Å². The summed E-state index contributed by atoms with van der Waals surface area (Å²) < 4.78 is 15.6. The molecule has 0 fully saturated rings. The highest BCUT2D eigenvalue weighted by molar-refractivity contribution is 6.00. The van der Waals surface area contributed by atoms with Crippen LogP contribution in [-0.2, 0) is 4.79 Å². The second kappa shape index (κ2) is 8.87. The van der Waals surface area contributed by atoms with Crippen LogP contribution in [0.25, 0.3) is 0 Å². The lowest BCUT2D eigenvalue weighted by Gasteiger charge is -2.17. The molecular formula is C16H24N2O5. The minimum absolute atomic E-state index is 0.236. The van der Waals surface area contributed by atoms with E-state index >= 15 is 0 Å². The van der Waals surface area contributed by atoms with Crippen LogP contribution in [0.15, 0.2) is 12.1 Å². The number of carbonyl (C=O) groups is 2. The molecule has 1 atom stereocenters. The summed E-state index contributed by atoms with van der Waals surface area (Å²) in [5.74, 6) is 0.527. The van der Waals surface area contributed by atoms with Gasteiger partial charge >= 0.3 is 0 Å². The largest absolute Gasteiger partial charge is 0.496 e. The molecule has 7 heteroatoms. The molecule has 0 bridgehead atoms. The van der Waals surface area contributed by atoms with Gasteiger partial charge in [0.25, 0.3) is 5.91 Å². The molecule has 128 valence electrons. The molecular weight excluding hydrogens is 300 g/mol. The molecule has 0 spiro atoms. The van der Waals surface area contributed by atoms with Gasteiger partial charge in [-0.3, -0.25) is 9.59 Å². The number of rotatable bonds is 8. The van der Waals surface area contributed by atoms with Gasteiger partial charge in [-0.2, -0.15) is 0 Å². The van der Waals surface area contributed by atoms with Gasteiger partial charge in [0.2, 0.25) is 5.91 Å². The molecule has 2 amide bonds. The van der Waals surface area contributed by atoms with Crippen LogP contribution in [0.4, 0.5) is 0 Å². The Bertz CT molecular complexity index is 560. The maximum Gasteiger partial charge on any atom is 0.255 e. The lowest BCUT2D eigenvalue weighted by Crippen LogP contribution is -2.45. The Balaban J connectivity index is 2.96. The van der Waals surface area contributed by atoms with Crippen LogP contribution in [0, 0.1) is 0 Å². The maximum atomic E-state index is 12.4. The van der Waals surface area contributed by atoms with E-state index in [1.165, 1.54) is 27.4 Å². The minimum Gasteiger partial charge on any atom is -0.496 e. The quantitative estimate of drug-likeness (QED) is 0.754. The fourth-order valence-corrected chi connectivity index (χ4v) is 1.95. The Labute approximate surface area is 136 Å². The molecule has 23 heavy (non-hydrogen) atoms. The highest BCUT2D eigenvalue weighted by Gasteiger charge is 2.21. The first-order valence-corrected chi connectivity index (χ1v) is 7.37. The van der Waals surface area contributed by atoms with E-state index in [0.717, 1.165) is 6.42 Å². The van der Waals surface area contributed by atoms with Gasteiger partial charge in [0.05, 0.1) is 26.9 Å². The van der Waals surface area contributed by atoms with Gasteiger partial charge in [-0.15, -0.1) is 0 Å². The first-order chi connectivity index (χ1) is 11.0. The summed E-state index contributed by atoms with van der Waals surface area (Å²) >= 11 is 0. The third-order valence-electron chi connectivity index (χ3n) is 3.24. The zero-order chi connectivity index (χ0) is 17.4. The van der Waals surface area contributed by atoms with Crippen LogP contribution in [0.5, 0.6) is 17.2 Å². The molecule has 1 aromatic carbocycles. The fraction of sp³-hybridized carbons (Fsp3) is 0.500. The van der Waals surface area contributed by atoms with E-state index in [9.17, 15) is 9.59 Å². The Hall–Kier alpha value is -2.44. The summed E-state index contributed by atoms with van der Waals surface area (Å²) in [7, 11) is 4.43. The number of hydrogen-bond donors (Lipinski definition) is 2. The van der Waals surface area contributed by atoms with Crippen molar-refractivity contribution >= 4 is 11.8 Å². The normalized spacial score (nSPS) is 11.3. The van der Waals surface area contributed by atoms with Crippen LogP contribution in [0.2, 0.25) is 0 Å². The minimum atomic E-state index is -0.660. The van der Waals surface area contributed by atoms with Gasteiger partial charge in [0.1, 0.15) is 11.8 Å². The van der Waals surface area contributed by atoms with E-state index in [4.69, 9.17) is 14.2 Å². The summed E-state index contributed by atoms with van der Waals surface area (Å²) in [6.07, 6.45) is 0.829. The Morgan fingerprint density at radius 3 is 2.13 bits per heavy atom. The van der Waals surface area contributed by atoms with E-state index in [0.29, 0.717) is 23.8 Å². The molecule has 1 rings (SSSR count). The predicted octanol–water partition coefficient (Wildman–Crippen LogP) is 1.36. The lowest BCUT2D eigenvalue weighted by atomic mass is 10.1. The van der Waals surface area contributed by atoms with Gasteiger partial charge in [0.15, 0.2) is 11.5 Å². The molecule has 0 aliphatic carbocycles. The van der Waals surface area contributed by atoms with Crippen molar-refractivity contribution < 1.29 is 23.8 Å². The van der Waals surface area contributed by atoms with Crippen molar-refractivity contribution in [2.45, 2.75) is 26.3 Å². The van der Waals surface area contributed by atoms with Crippen molar-refractivity contribution in [3.8, 4) is 17.2 Å². The predicted molar refractivity (Wildman–Crippen MR) is 86.3 cm³/mol. The van der Waals surface area contributed by atoms with Gasteiger partial charge in [-0.25, -0.2) is 0 Å². The van der Waals surface area contributed by atoms with Gasteiger partial charge in [0, 0.05) is 18.7 Å². The van der Waals surface area contributed by atoms with Crippen LogP contribution in [-0.4, -0.2) is 45.7 Å². The molecule has 0 heterocycles. The van der Waals surface area contributed by atoms with E-state index in [1.807, 2.05) is 6.92 Å². The zero-order valence-corrected chi connectivity index (χ0v) is 14.2. The standard InChI is InChI=1S/C16H24N2O5/c1-6-7-17-15(19)10(2)18-16(20)11-8-13(22-4)14(23-5)9-12(11)21-3/h8-10H,6-7H2,1-5H3,(H,17,19)(H,18,20)/t10-/m1/s1. The summed E-state index contributed by atoms with van der Waals surface area (Å²) in [6, 6.07) is 2.42. The summed E-state index contributed by atoms with van der Waals surface area (Å²) in [6.45, 7) is 4.15. The van der Waals surface area contributed by atoms with Gasteiger partial charge in [-0.05, 0) is 13.3 Å².